The van der Waals surface area contributed by atoms with Crippen molar-refractivity contribution in [2.75, 3.05) is 25.6 Å². The van der Waals surface area contributed by atoms with Crippen molar-refractivity contribution in [1.82, 2.24) is 24.3 Å². The normalized spacial score (nSPS) is 10.8. The molecule has 0 aromatic carbocycles. The maximum absolute atomic E-state index is 5.00. The van der Waals surface area contributed by atoms with Crippen molar-refractivity contribution in [3.63, 3.8) is 0 Å². The first-order valence-corrected chi connectivity index (χ1v) is 5.88. The number of ether oxygens (including phenoxy) is 1. The molecule has 0 atom stereocenters. The zero-order valence-corrected chi connectivity index (χ0v) is 10.7. The molecule has 2 rings (SSSR count). The van der Waals surface area contributed by atoms with Gasteiger partial charge in [-0.3, -0.25) is 0 Å². The van der Waals surface area contributed by atoms with Crippen LogP contribution in [-0.2, 0) is 18.3 Å². The number of rotatable bonds is 7. The van der Waals surface area contributed by atoms with E-state index >= 15 is 0 Å². The predicted octanol–water partition coefficient (Wildman–Crippen LogP) is 0.508. The molecule has 0 radical (unpaired) electrons. The molecular weight excluding hydrogens is 232 g/mol. The van der Waals surface area contributed by atoms with Crippen molar-refractivity contribution < 1.29 is 4.74 Å². The number of nitrogens with one attached hydrogen (secondary N) is 1. The van der Waals surface area contributed by atoms with E-state index in [9.17, 15) is 0 Å². The predicted molar refractivity (Wildman–Crippen MR) is 67.3 cm³/mol. The summed E-state index contributed by atoms with van der Waals surface area (Å²) < 4.78 is 8.91. The molecule has 0 unspecified atom stereocenters. The number of methoxy groups -OCH3 is 1. The Kier molecular flexibility index (Phi) is 4.30. The Bertz CT molecular complexity index is 477. The monoisotopic (exact) mass is 250 g/mol. The van der Waals surface area contributed by atoms with Gasteiger partial charge in [-0.15, -0.1) is 10.2 Å². The largest absolute Gasteiger partial charge is 0.385 e. The maximum atomic E-state index is 5.00. The van der Waals surface area contributed by atoms with Crippen LogP contribution in [0.25, 0.3) is 0 Å². The minimum atomic E-state index is 0.656. The van der Waals surface area contributed by atoms with Crippen molar-refractivity contribution in [2.45, 2.75) is 13.0 Å². The zero-order chi connectivity index (χ0) is 12.8. The SMILES string of the molecule is COCCCNc1nccn1Cc1nncn1C. The van der Waals surface area contributed by atoms with E-state index in [2.05, 4.69) is 20.5 Å². The van der Waals surface area contributed by atoms with E-state index in [0.29, 0.717) is 6.54 Å². The smallest absolute Gasteiger partial charge is 0.203 e. The van der Waals surface area contributed by atoms with Crippen LogP contribution < -0.4 is 5.32 Å². The lowest BCUT2D eigenvalue weighted by Crippen LogP contribution is -2.12. The van der Waals surface area contributed by atoms with Gasteiger partial charge in [-0.2, -0.15) is 0 Å². The van der Waals surface area contributed by atoms with Crippen molar-refractivity contribution in [1.29, 1.82) is 0 Å². The summed E-state index contributed by atoms with van der Waals surface area (Å²) in [6.07, 6.45) is 6.34. The van der Waals surface area contributed by atoms with Crippen LogP contribution in [0.5, 0.6) is 0 Å². The Morgan fingerprint density at radius 1 is 1.44 bits per heavy atom. The van der Waals surface area contributed by atoms with Crippen LogP contribution in [0.4, 0.5) is 5.95 Å². The molecule has 0 saturated heterocycles. The van der Waals surface area contributed by atoms with E-state index < -0.39 is 0 Å². The van der Waals surface area contributed by atoms with E-state index in [1.54, 1.807) is 19.6 Å². The third kappa shape index (κ3) is 3.07. The summed E-state index contributed by atoms with van der Waals surface area (Å²) in [5.41, 5.74) is 0. The number of aromatic nitrogens is 5. The molecule has 18 heavy (non-hydrogen) atoms. The highest BCUT2D eigenvalue weighted by atomic mass is 16.5. The molecule has 0 fully saturated rings. The summed E-state index contributed by atoms with van der Waals surface area (Å²) in [7, 11) is 3.63. The first kappa shape index (κ1) is 12.6. The summed E-state index contributed by atoms with van der Waals surface area (Å²) in [4.78, 5) is 4.28. The number of imidazole rings is 1. The Morgan fingerprint density at radius 2 is 2.33 bits per heavy atom. The van der Waals surface area contributed by atoms with Gasteiger partial charge in [0.2, 0.25) is 5.95 Å². The van der Waals surface area contributed by atoms with Gasteiger partial charge in [0.25, 0.3) is 0 Å². The number of nitrogens with zero attached hydrogens (tertiary/aromatic N) is 5. The van der Waals surface area contributed by atoms with Crippen molar-refractivity contribution >= 4 is 5.95 Å². The first-order valence-electron chi connectivity index (χ1n) is 5.88. The van der Waals surface area contributed by atoms with Crippen LogP contribution in [0.2, 0.25) is 0 Å². The fourth-order valence-electron chi connectivity index (χ4n) is 1.62. The van der Waals surface area contributed by atoms with Crippen LogP contribution in [-0.4, -0.2) is 44.6 Å². The summed E-state index contributed by atoms with van der Waals surface area (Å²) in [6.45, 7) is 2.24. The standard InChI is InChI=1S/C11H18N6O/c1-16-9-14-15-10(16)8-17-6-5-13-11(17)12-4-3-7-18-2/h5-6,9H,3-4,7-8H2,1-2H3,(H,12,13). The van der Waals surface area contributed by atoms with Gasteiger partial charge in [0.1, 0.15) is 6.33 Å². The Morgan fingerprint density at radius 3 is 3.06 bits per heavy atom. The van der Waals surface area contributed by atoms with Gasteiger partial charge in [0, 0.05) is 39.7 Å². The van der Waals surface area contributed by atoms with E-state index in [1.165, 1.54) is 0 Å². The molecule has 0 aliphatic carbocycles. The number of hydrogen-bond acceptors (Lipinski definition) is 5. The average molecular weight is 250 g/mol. The number of aryl methyl sites for hydroxylation is 1. The molecule has 0 spiro atoms. The number of anilines is 1. The van der Waals surface area contributed by atoms with Gasteiger partial charge < -0.3 is 19.2 Å². The highest BCUT2D eigenvalue weighted by Crippen LogP contribution is 2.07. The van der Waals surface area contributed by atoms with Gasteiger partial charge in [0.05, 0.1) is 6.54 Å². The molecule has 0 amide bonds. The van der Waals surface area contributed by atoms with E-state index in [-0.39, 0.29) is 0 Å². The highest BCUT2D eigenvalue weighted by molar-refractivity contribution is 5.26. The van der Waals surface area contributed by atoms with Gasteiger partial charge in [-0.05, 0) is 6.42 Å². The summed E-state index contributed by atoms with van der Waals surface area (Å²) in [6, 6.07) is 0. The van der Waals surface area contributed by atoms with Crippen molar-refractivity contribution in [2.24, 2.45) is 7.05 Å². The molecule has 2 aromatic rings. The molecule has 0 bridgehead atoms. The topological polar surface area (TPSA) is 69.8 Å². The first-order chi connectivity index (χ1) is 8.81. The Balaban J connectivity index is 1.93. The molecule has 98 valence electrons. The van der Waals surface area contributed by atoms with Gasteiger partial charge >= 0.3 is 0 Å². The molecular formula is C11H18N6O. The van der Waals surface area contributed by atoms with E-state index in [0.717, 1.165) is 31.3 Å². The Labute approximate surface area is 106 Å². The molecule has 0 aliphatic heterocycles. The van der Waals surface area contributed by atoms with Crippen molar-refractivity contribution in [3.8, 4) is 0 Å². The molecule has 7 heteroatoms. The summed E-state index contributed by atoms with van der Waals surface area (Å²) >= 11 is 0. The van der Waals surface area contributed by atoms with Crippen LogP contribution in [0, 0.1) is 0 Å². The van der Waals surface area contributed by atoms with Crippen LogP contribution in [0.15, 0.2) is 18.7 Å². The molecule has 7 nitrogen and oxygen atoms in total. The number of hydrogen-bond donors (Lipinski definition) is 1. The molecule has 1 N–H and O–H groups in total. The minimum Gasteiger partial charge on any atom is -0.385 e. The third-order valence-corrected chi connectivity index (χ3v) is 2.64. The lowest BCUT2D eigenvalue weighted by atomic mass is 10.4. The lowest BCUT2D eigenvalue weighted by Gasteiger charge is -2.09. The minimum absolute atomic E-state index is 0.656. The second-order valence-electron chi connectivity index (χ2n) is 4.01. The van der Waals surface area contributed by atoms with Crippen LogP contribution in [0.3, 0.4) is 0 Å². The van der Waals surface area contributed by atoms with Crippen LogP contribution in [0.1, 0.15) is 12.2 Å². The molecule has 2 heterocycles. The summed E-state index contributed by atoms with van der Waals surface area (Å²) in [5.74, 6) is 1.74. The van der Waals surface area contributed by atoms with E-state index in [1.807, 2.05) is 22.4 Å². The second kappa shape index (κ2) is 6.15. The van der Waals surface area contributed by atoms with E-state index in [4.69, 9.17) is 4.74 Å². The third-order valence-electron chi connectivity index (χ3n) is 2.64. The second-order valence-corrected chi connectivity index (χ2v) is 4.01. The molecule has 2 aromatic heterocycles. The average Bonchev–Trinajstić information content (AvgIpc) is 2.96. The summed E-state index contributed by atoms with van der Waals surface area (Å²) in [5, 5.41) is 11.2. The highest BCUT2D eigenvalue weighted by Gasteiger charge is 2.06. The zero-order valence-electron chi connectivity index (χ0n) is 10.7. The fourth-order valence-corrected chi connectivity index (χ4v) is 1.62. The van der Waals surface area contributed by atoms with Crippen molar-refractivity contribution in [3.05, 3.63) is 24.5 Å². The lowest BCUT2D eigenvalue weighted by molar-refractivity contribution is 0.197. The quantitative estimate of drug-likeness (QED) is 0.725. The van der Waals surface area contributed by atoms with Gasteiger partial charge in [-0.1, -0.05) is 0 Å². The van der Waals surface area contributed by atoms with Gasteiger partial charge in [0.15, 0.2) is 5.82 Å². The van der Waals surface area contributed by atoms with Crippen LogP contribution >= 0.6 is 0 Å². The Hall–Kier alpha value is -1.89. The molecule has 0 saturated carbocycles. The maximum Gasteiger partial charge on any atom is 0.203 e. The molecule has 0 aliphatic rings. The van der Waals surface area contributed by atoms with Gasteiger partial charge in [-0.25, -0.2) is 4.98 Å². The fraction of sp³-hybridized carbons (Fsp3) is 0.545.